The van der Waals surface area contributed by atoms with Crippen molar-refractivity contribution in [1.82, 2.24) is 14.9 Å². The monoisotopic (exact) mass is 470 g/mol. The molecule has 0 atom stereocenters. The number of hydrogen-bond acceptors (Lipinski definition) is 6. The third kappa shape index (κ3) is 5.05. The zero-order valence-corrected chi connectivity index (χ0v) is 19.5. The summed E-state index contributed by atoms with van der Waals surface area (Å²) >= 11 is 1.50. The van der Waals surface area contributed by atoms with Crippen LogP contribution < -0.4 is 4.72 Å². The highest BCUT2D eigenvalue weighted by atomic mass is 32.2. The second-order valence-electron chi connectivity index (χ2n) is 8.63. The summed E-state index contributed by atoms with van der Waals surface area (Å²) in [5.74, 6) is -0.00246. The molecule has 1 saturated heterocycles. The number of piperidine rings is 1. The van der Waals surface area contributed by atoms with Gasteiger partial charge in [-0.2, -0.15) is 0 Å². The van der Waals surface area contributed by atoms with E-state index < -0.39 is 5.60 Å². The van der Waals surface area contributed by atoms with Gasteiger partial charge >= 0.3 is 0 Å². The molecular formula is C27H26N4O2S. The molecule has 172 valence electrons. The Bertz CT molecular complexity index is 1270. The van der Waals surface area contributed by atoms with Crippen molar-refractivity contribution in [1.29, 1.82) is 0 Å². The van der Waals surface area contributed by atoms with E-state index in [9.17, 15) is 9.90 Å². The van der Waals surface area contributed by atoms with Crippen LogP contribution >= 0.6 is 11.9 Å². The Morgan fingerprint density at radius 1 is 0.941 bits per heavy atom. The standard InChI is InChI=1S/C27H26N4O2S/c32-26(31-17-13-27(33,14-18-31)19-23-7-1-2-15-28-23)21-9-11-22(12-10-21)30-34-24-8-3-5-20-6-4-16-29-25(20)24/h1-12,15-16,30,33H,13-14,17-19H2. The summed E-state index contributed by atoms with van der Waals surface area (Å²) in [6.45, 7) is 1.07. The number of likely N-dealkylation sites (tertiary alicyclic amines) is 1. The fourth-order valence-electron chi connectivity index (χ4n) is 4.28. The van der Waals surface area contributed by atoms with E-state index in [1.54, 1.807) is 12.4 Å². The summed E-state index contributed by atoms with van der Waals surface area (Å²) in [6, 6.07) is 23.4. The van der Waals surface area contributed by atoms with E-state index in [0.29, 0.717) is 37.9 Å². The van der Waals surface area contributed by atoms with Gasteiger partial charge in [0.2, 0.25) is 0 Å². The van der Waals surface area contributed by atoms with Crippen LogP contribution in [0.2, 0.25) is 0 Å². The number of amides is 1. The number of anilines is 1. The molecule has 1 aliphatic rings. The maximum absolute atomic E-state index is 13.0. The normalized spacial score (nSPS) is 15.3. The van der Waals surface area contributed by atoms with Gasteiger partial charge in [0.25, 0.3) is 5.91 Å². The molecular weight excluding hydrogens is 444 g/mol. The average Bonchev–Trinajstić information content (AvgIpc) is 2.88. The van der Waals surface area contributed by atoms with Crippen molar-refractivity contribution in [2.24, 2.45) is 0 Å². The largest absolute Gasteiger partial charge is 0.389 e. The first-order valence-corrected chi connectivity index (χ1v) is 12.2. The van der Waals surface area contributed by atoms with Gasteiger partial charge < -0.3 is 14.7 Å². The van der Waals surface area contributed by atoms with Gasteiger partial charge in [-0.3, -0.25) is 14.8 Å². The smallest absolute Gasteiger partial charge is 0.253 e. The van der Waals surface area contributed by atoms with Crippen LogP contribution in [-0.2, 0) is 6.42 Å². The number of nitrogens with zero attached hydrogens (tertiary/aromatic N) is 3. The average molecular weight is 471 g/mol. The van der Waals surface area contributed by atoms with Crippen molar-refractivity contribution >= 4 is 34.4 Å². The molecule has 0 radical (unpaired) electrons. The van der Waals surface area contributed by atoms with Gasteiger partial charge in [-0.05, 0) is 73.3 Å². The molecule has 3 heterocycles. The summed E-state index contributed by atoms with van der Waals surface area (Å²) < 4.78 is 3.35. The van der Waals surface area contributed by atoms with Gasteiger partial charge in [0.15, 0.2) is 0 Å². The quantitative estimate of drug-likeness (QED) is 0.388. The Kier molecular flexibility index (Phi) is 6.47. The first-order valence-electron chi connectivity index (χ1n) is 11.4. The van der Waals surface area contributed by atoms with Crippen molar-refractivity contribution in [3.63, 3.8) is 0 Å². The van der Waals surface area contributed by atoms with Gasteiger partial charge in [-0.25, -0.2) is 0 Å². The molecule has 0 aliphatic carbocycles. The van der Waals surface area contributed by atoms with Crippen molar-refractivity contribution in [3.05, 3.63) is 96.4 Å². The number of nitrogens with one attached hydrogen (secondary N) is 1. The van der Waals surface area contributed by atoms with E-state index >= 15 is 0 Å². The van der Waals surface area contributed by atoms with Crippen LogP contribution in [0.1, 0.15) is 28.9 Å². The summed E-state index contributed by atoms with van der Waals surface area (Å²) in [5.41, 5.74) is 2.59. The van der Waals surface area contributed by atoms with Crippen LogP contribution in [0.5, 0.6) is 0 Å². The van der Waals surface area contributed by atoms with E-state index in [2.05, 4.69) is 14.7 Å². The lowest BCUT2D eigenvalue weighted by Gasteiger charge is -2.38. The zero-order valence-electron chi connectivity index (χ0n) is 18.7. The van der Waals surface area contributed by atoms with Gasteiger partial charge in [0.05, 0.1) is 16.0 Å². The highest BCUT2D eigenvalue weighted by Gasteiger charge is 2.34. The number of rotatable bonds is 6. The molecule has 0 saturated carbocycles. The fourth-order valence-corrected chi connectivity index (χ4v) is 5.06. The van der Waals surface area contributed by atoms with Crippen LogP contribution in [0.3, 0.4) is 0 Å². The highest BCUT2D eigenvalue weighted by Crippen LogP contribution is 2.29. The Morgan fingerprint density at radius 2 is 1.71 bits per heavy atom. The summed E-state index contributed by atoms with van der Waals surface area (Å²) in [7, 11) is 0. The first-order chi connectivity index (χ1) is 16.6. The van der Waals surface area contributed by atoms with E-state index in [4.69, 9.17) is 0 Å². The van der Waals surface area contributed by atoms with Crippen molar-refractivity contribution < 1.29 is 9.90 Å². The Hall–Kier alpha value is -3.42. The van der Waals surface area contributed by atoms with E-state index in [0.717, 1.165) is 27.2 Å². The van der Waals surface area contributed by atoms with E-state index in [-0.39, 0.29) is 5.91 Å². The third-order valence-electron chi connectivity index (χ3n) is 6.22. The summed E-state index contributed by atoms with van der Waals surface area (Å²) in [6.07, 6.45) is 5.15. The molecule has 1 fully saturated rings. The van der Waals surface area contributed by atoms with Crippen LogP contribution in [0.4, 0.5) is 5.69 Å². The molecule has 4 aromatic rings. The van der Waals surface area contributed by atoms with Crippen LogP contribution in [0.15, 0.2) is 90.1 Å². The first kappa shape index (κ1) is 22.4. The predicted molar refractivity (Wildman–Crippen MR) is 136 cm³/mol. The number of aromatic nitrogens is 2. The Labute approximate surface area is 203 Å². The fraction of sp³-hybridized carbons (Fsp3) is 0.222. The number of fused-ring (bicyclic) bond motifs is 1. The summed E-state index contributed by atoms with van der Waals surface area (Å²) in [4.78, 5) is 24.7. The molecule has 6 nitrogen and oxygen atoms in total. The minimum absolute atomic E-state index is 0.00246. The number of carbonyl (C=O) groups is 1. The number of para-hydroxylation sites is 1. The lowest BCUT2D eigenvalue weighted by Crippen LogP contribution is -2.47. The lowest BCUT2D eigenvalue weighted by atomic mass is 9.86. The molecule has 7 heteroatoms. The van der Waals surface area contributed by atoms with Crippen molar-refractivity contribution in [2.45, 2.75) is 29.8 Å². The van der Waals surface area contributed by atoms with Crippen molar-refractivity contribution in [2.75, 3.05) is 17.8 Å². The highest BCUT2D eigenvalue weighted by molar-refractivity contribution is 8.00. The molecule has 0 unspecified atom stereocenters. The zero-order chi connectivity index (χ0) is 23.4. The van der Waals surface area contributed by atoms with Gasteiger partial charge in [0.1, 0.15) is 0 Å². The van der Waals surface area contributed by atoms with Gasteiger partial charge in [-0.15, -0.1) is 0 Å². The van der Waals surface area contributed by atoms with Crippen LogP contribution in [0, 0.1) is 0 Å². The van der Waals surface area contributed by atoms with Gasteiger partial charge in [-0.1, -0.05) is 24.3 Å². The number of benzene rings is 2. The minimum atomic E-state index is -0.813. The molecule has 2 aromatic carbocycles. The minimum Gasteiger partial charge on any atom is -0.389 e. The number of carbonyl (C=O) groups excluding carboxylic acids is 1. The molecule has 2 N–H and O–H groups in total. The van der Waals surface area contributed by atoms with Crippen LogP contribution in [0.25, 0.3) is 10.9 Å². The summed E-state index contributed by atoms with van der Waals surface area (Å²) in [5, 5.41) is 12.1. The topological polar surface area (TPSA) is 78.4 Å². The second kappa shape index (κ2) is 9.83. The Morgan fingerprint density at radius 3 is 2.47 bits per heavy atom. The van der Waals surface area contributed by atoms with Crippen LogP contribution in [-0.4, -0.2) is 44.6 Å². The molecule has 0 bridgehead atoms. The predicted octanol–water partition coefficient (Wildman–Crippen LogP) is 4.96. The molecule has 34 heavy (non-hydrogen) atoms. The molecule has 1 amide bonds. The maximum Gasteiger partial charge on any atom is 0.253 e. The maximum atomic E-state index is 13.0. The molecule has 2 aromatic heterocycles. The van der Waals surface area contributed by atoms with Gasteiger partial charge in [0, 0.05) is 54.2 Å². The lowest BCUT2D eigenvalue weighted by molar-refractivity contribution is -0.0168. The van der Waals surface area contributed by atoms with E-state index in [1.807, 2.05) is 77.7 Å². The van der Waals surface area contributed by atoms with E-state index in [1.165, 1.54) is 11.9 Å². The Balaban J connectivity index is 1.17. The number of pyridine rings is 2. The molecule has 0 spiro atoms. The number of aliphatic hydroxyl groups is 1. The second-order valence-corrected chi connectivity index (χ2v) is 9.48. The SMILES string of the molecule is O=C(c1ccc(NSc2cccc3cccnc23)cc1)N1CCC(O)(Cc2ccccn2)CC1. The third-order valence-corrected chi connectivity index (χ3v) is 7.11. The molecule has 5 rings (SSSR count). The number of hydrogen-bond donors (Lipinski definition) is 2. The van der Waals surface area contributed by atoms with Crippen molar-refractivity contribution in [3.8, 4) is 0 Å². The molecule has 1 aliphatic heterocycles.